The maximum absolute atomic E-state index is 12.6. The zero-order valence-corrected chi connectivity index (χ0v) is 12.0. The molecule has 1 aliphatic rings. The number of rotatable bonds is 2. The molecular formula is C16H18ClNO2. The first-order valence-corrected chi connectivity index (χ1v) is 7.52. The molecule has 2 unspecified atom stereocenters. The van der Waals surface area contributed by atoms with Crippen molar-refractivity contribution in [3.8, 4) is 0 Å². The summed E-state index contributed by atoms with van der Waals surface area (Å²) in [7, 11) is 0. The molecule has 4 heteroatoms. The predicted molar refractivity (Wildman–Crippen MR) is 80.1 cm³/mol. The molecule has 2 N–H and O–H groups in total. The van der Waals surface area contributed by atoms with Gasteiger partial charge < -0.3 is 10.2 Å². The van der Waals surface area contributed by atoms with Crippen LogP contribution in [0.25, 0.3) is 11.0 Å². The normalized spacial score (nSPS) is 23.7. The molecular weight excluding hydrogens is 274 g/mol. The molecule has 0 saturated heterocycles. The van der Waals surface area contributed by atoms with Crippen LogP contribution in [0.5, 0.6) is 0 Å². The third-order valence-electron chi connectivity index (χ3n) is 4.15. The quantitative estimate of drug-likeness (QED) is 0.667. The number of nitrogens with two attached hydrogens (primary N) is 1. The number of furan rings is 1. The molecule has 3 nitrogen and oxygen atoms in total. The third-order valence-corrected chi connectivity index (χ3v) is 4.44. The lowest BCUT2D eigenvalue weighted by Crippen LogP contribution is -2.34. The highest BCUT2D eigenvalue weighted by Crippen LogP contribution is 2.30. The van der Waals surface area contributed by atoms with E-state index in [0.717, 1.165) is 37.5 Å². The molecule has 1 aromatic carbocycles. The van der Waals surface area contributed by atoms with Gasteiger partial charge in [-0.3, -0.25) is 4.79 Å². The Morgan fingerprint density at radius 2 is 2.05 bits per heavy atom. The van der Waals surface area contributed by atoms with E-state index in [-0.39, 0.29) is 17.7 Å². The van der Waals surface area contributed by atoms with E-state index < -0.39 is 0 Å². The summed E-state index contributed by atoms with van der Waals surface area (Å²) in [6.45, 7) is 0. The Morgan fingerprint density at radius 1 is 1.25 bits per heavy atom. The van der Waals surface area contributed by atoms with E-state index >= 15 is 0 Å². The number of Topliss-reactive ketones (excluding diaryl/α,β-unsaturated/α-hetero) is 1. The zero-order valence-electron chi connectivity index (χ0n) is 11.3. The summed E-state index contributed by atoms with van der Waals surface area (Å²) in [5.41, 5.74) is 6.74. The molecule has 106 valence electrons. The molecule has 2 aromatic rings. The van der Waals surface area contributed by atoms with Gasteiger partial charge in [-0.1, -0.05) is 43.0 Å². The Labute approximate surface area is 123 Å². The molecule has 0 amide bonds. The van der Waals surface area contributed by atoms with E-state index in [4.69, 9.17) is 21.8 Å². The summed E-state index contributed by atoms with van der Waals surface area (Å²) in [5, 5.41) is 1.40. The Balaban J connectivity index is 1.93. The van der Waals surface area contributed by atoms with Crippen molar-refractivity contribution in [3.63, 3.8) is 0 Å². The van der Waals surface area contributed by atoms with Gasteiger partial charge in [0.15, 0.2) is 11.3 Å². The van der Waals surface area contributed by atoms with Crippen LogP contribution >= 0.6 is 11.6 Å². The van der Waals surface area contributed by atoms with Crippen LogP contribution in [-0.2, 0) is 0 Å². The van der Waals surface area contributed by atoms with Crippen LogP contribution in [0.3, 0.4) is 0 Å². The highest BCUT2D eigenvalue weighted by molar-refractivity contribution is 6.34. The van der Waals surface area contributed by atoms with Crippen molar-refractivity contribution in [3.05, 3.63) is 35.0 Å². The smallest absolute Gasteiger partial charge is 0.202 e. The Kier molecular flexibility index (Phi) is 3.81. The molecule has 3 rings (SSSR count). The first-order chi connectivity index (χ1) is 9.66. The number of carbonyl (C=O) groups is 1. The van der Waals surface area contributed by atoms with E-state index in [2.05, 4.69) is 0 Å². The fraction of sp³-hybridized carbons (Fsp3) is 0.438. The number of ketones is 1. The number of carbonyl (C=O) groups excluding carboxylic acids is 1. The van der Waals surface area contributed by atoms with Gasteiger partial charge in [0, 0.05) is 17.3 Å². The number of fused-ring (bicyclic) bond motifs is 1. The monoisotopic (exact) mass is 291 g/mol. The van der Waals surface area contributed by atoms with Crippen molar-refractivity contribution in [1.29, 1.82) is 0 Å². The summed E-state index contributed by atoms with van der Waals surface area (Å²) in [5.74, 6) is 0.277. The largest absolute Gasteiger partial charge is 0.451 e. The molecule has 1 aliphatic carbocycles. The van der Waals surface area contributed by atoms with Crippen LogP contribution < -0.4 is 5.73 Å². The van der Waals surface area contributed by atoms with E-state index in [1.807, 2.05) is 12.1 Å². The van der Waals surface area contributed by atoms with Gasteiger partial charge in [0.05, 0.1) is 5.02 Å². The molecule has 0 bridgehead atoms. The number of halogens is 1. The minimum Gasteiger partial charge on any atom is -0.451 e. The van der Waals surface area contributed by atoms with Gasteiger partial charge >= 0.3 is 0 Å². The number of benzene rings is 1. The van der Waals surface area contributed by atoms with Crippen LogP contribution in [0.4, 0.5) is 0 Å². The Bertz CT molecular complexity index is 634. The van der Waals surface area contributed by atoms with Crippen LogP contribution in [0.15, 0.2) is 28.7 Å². The first kappa shape index (κ1) is 13.7. The zero-order chi connectivity index (χ0) is 14.1. The maximum atomic E-state index is 12.6. The second kappa shape index (κ2) is 5.58. The van der Waals surface area contributed by atoms with Crippen molar-refractivity contribution >= 4 is 28.4 Å². The van der Waals surface area contributed by atoms with Gasteiger partial charge in [-0.2, -0.15) is 0 Å². The van der Waals surface area contributed by atoms with E-state index in [0.29, 0.717) is 16.4 Å². The van der Waals surface area contributed by atoms with E-state index in [1.165, 1.54) is 0 Å². The number of para-hydroxylation sites is 1. The van der Waals surface area contributed by atoms with Crippen molar-refractivity contribution in [2.45, 2.75) is 38.1 Å². The summed E-state index contributed by atoms with van der Waals surface area (Å²) in [6.07, 6.45) is 5.09. The summed E-state index contributed by atoms with van der Waals surface area (Å²) >= 11 is 6.09. The molecule has 1 aromatic heterocycles. The van der Waals surface area contributed by atoms with Crippen LogP contribution in [0.1, 0.15) is 42.7 Å². The highest BCUT2D eigenvalue weighted by Gasteiger charge is 2.30. The van der Waals surface area contributed by atoms with Gasteiger partial charge in [-0.25, -0.2) is 0 Å². The molecule has 0 spiro atoms. The Morgan fingerprint density at radius 3 is 2.85 bits per heavy atom. The Hall–Kier alpha value is -1.32. The molecule has 20 heavy (non-hydrogen) atoms. The van der Waals surface area contributed by atoms with Crippen molar-refractivity contribution in [1.82, 2.24) is 0 Å². The van der Waals surface area contributed by atoms with Crippen molar-refractivity contribution < 1.29 is 9.21 Å². The van der Waals surface area contributed by atoms with Crippen LogP contribution in [-0.4, -0.2) is 11.8 Å². The summed E-state index contributed by atoms with van der Waals surface area (Å²) in [4.78, 5) is 12.6. The topological polar surface area (TPSA) is 56.2 Å². The van der Waals surface area contributed by atoms with E-state index in [1.54, 1.807) is 12.1 Å². The number of hydrogen-bond donors (Lipinski definition) is 1. The lowest BCUT2D eigenvalue weighted by molar-refractivity contribution is 0.0868. The third kappa shape index (κ3) is 2.48. The van der Waals surface area contributed by atoms with Gasteiger partial charge in [0.25, 0.3) is 0 Å². The molecule has 1 heterocycles. The highest BCUT2D eigenvalue weighted by atomic mass is 35.5. The predicted octanol–water partition coefficient (Wildman–Crippen LogP) is 4.18. The fourth-order valence-corrected chi connectivity index (χ4v) is 3.21. The number of hydrogen-bond acceptors (Lipinski definition) is 3. The van der Waals surface area contributed by atoms with E-state index in [9.17, 15) is 4.79 Å². The molecule has 1 saturated carbocycles. The molecule has 1 fully saturated rings. The fourth-order valence-electron chi connectivity index (χ4n) is 2.99. The SMILES string of the molecule is NC1CCCCCC1C(=O)c1cc2cccc(Cl)c2o1. The van der Waals surface area contributed by atoms with Crippen LogP contribution in [0.2, 0.25) is 5.02 Å². The van der Waals surface area contributed by atoms with Crippen molar-refractivity contribution in [2.24, 2.45) is 11.7 Å². The minimum absolute atomic E-state index is 0.0201. The maximum Gasteiger partial charge on any atom is 0.202 e. The van der Waals surface area contributed by atoms with Gasteiger partial charge in [-0.15, -0.1) is 0 Å². The lowest BCUT2D eigenvalue weighted by Gasteiger charge is -2.18. The summed E-state index contributed by atoms with van der Waals surface area (Å²) < 4.78 is 5.67. The minimum atomic E-state index is -0.128. The van der Waals surface area contributed by atoms with Gasteiger partial charge in [0.2, 0.25) is 5.78 Å². The molecule has 2 atom stereocenters. The summed E-state index contributed by atoms with van der Waals surface area (Å²) in [6, 6.07) is 7.23. The second-order valence-corrected chi connectivity index (χ2v) is 5.95. The average Bonchev–Trinajstić information content (AvgIpc) is 2.76. The molecule has 0 aliphatic heterocycles. The van der Waals surface area contributed by atoms with Crippen LogP contribution in [0, 0.1) is 5.92 Å². The first-order valence-electron chi connectivity index (χ1n) is 7.14. The standard InChI is InChI=1S/C16H18ClNO2/c17-12-7-4-5-10-9-14(20-16(10)12)15(19)11-6-2-1-3-8-13(11)18/h4-5,7,9,11,13H,1-3,6,8,18H2. The van der Waals surface area contributed by atoms with Gasteiger partial charge in [0.1, 0.15) is 0 Å². The second-order valence-electron chi connectivity index (χ2n) is 5.54. The van der Waals surface area contributed by atoms with Crippen molar-refractivity contribution in [2.75, 3.05) is 0 Å². The lowest BCUT2D eigenvalue weighted by atomic mass is 9.90. The van der Waals surface area contributed by atoms with Gasteiger partial charge in [-0.05, 0) is 25.0 Å². The average molecular weight is 292 g/mol. The molecule has 0 radical (unpaired) electrons.